The zero-order valence-electron chi connectivity index (χ0n) is 20.7. The maximum Gasteiger partial charge on any atom is 0.226 e. The van der Waals surface area contributed by atoms with Gasteiger partial charge >= 0.3 is 0 Å². The highest BCUT2D eigenvalue weighted by Crippen LogP contribution is 2.41. The number of nitrogens with zero attached hydrogens (tertiary/aromatic N) is 3. The molecule has 0 spiro atoms. The molecule has 0 bridgehead atoms. The van der Waals surface area contributed by atoms with Gasteiger partial charge in [0.1, 0.15) is 5.82 Å². The fourth-order valence-corrected chi connectivity index (χ4v) is 5.38. The van der Waals surface area contributed by atoms with Crippen molar-refractivity contribution in [2.24, 2.45) is 0 Å². The van der Waals surface area contributed by atoms with Crippen LogP contribution < -0.4 is 10.6 Å². The Morgan fingerprint density at radius 2 is 1.84 bits per heavy atom. The first kappa shape index (κ1) is 24.6. The second-order valence-electron chi connectivity index (χ2n) is 9.13. The van der Waals surface area contributed by atoms with Gasteiger partial charge in [0.25, 0.3) is 0 Å². The van der Waals surface area contributed by atoms with Crippen LogP contribution in [0.25, 0.3) is 5.69 Å². The van der Waals surface area contributed by atoms with E-state index in [1.165, 1.54) is 12.1 Å². The summed E-state index contributed by atoms with van der Waals surface area (Å²) in [6.07, 6.45) is 2.04. The van der Waals surface area contributed by atoms with Gasteiger partial charge in [-0.15, -0.1) is 0 Å². The van der Waals surface area contributed by atoms with E-state index in [4.69, 9.17) is 12.2 Å². The zero-order valence-corrected chi connectivity index (χ0v) is 21.5. The van der Waals surface area contributed by atoms with Gasteiger partial charge in [0.15, 0.2) is 5.11 Å². The van der Waals surface area contributed by atoms with Crippen LogP contribution in [0.3, 0.4) is 0 Å². The standard InChI is InChI=1S/C29H28FN5OS/c1-19-17-24(20(2)35(19)23-12-8-9-21(30)18-23)28-27(25-13-6-7-15-31-25)33-29(37)34(28)16-14-26(36)32-22-10-4-3-5-11-22/h3-13,15,17-18,27-28H,14,16H2,1-2H3,(H,32,36)(H,33,37)/t27-,28-/m0/s1. The van der Waals surface area contributed by atoms with Crippen molar-refractivity contribution in [2.45, 2.75) is 32.4 Å². The second kappa shape index (κ2) is 10.5. The third kappa shape index (κ3) is 5.11. The van der Waals surface area contributed by atoms with E-state index in [9.17, 15) is 9.18 Å². The van der Waals surface area contributed by atoms with Crippen molar-refractivity contribution >= 4 is 28.9 Å². The average Bonchev–Trinajstić information content (AvgIpc) is 3.38. The highest BCUT2D eigenvalue weighted by Gasteiger charge is 2.41. The van der Waals surface area contributed by atoms with Crippen molar-refractivity contribution in [2.75, 3.05) is 11.9 Å². The monoisotopic (exact) mass is 513 g/mol. The van der Waals surface area contributed by atoms with Gasteiger partial charge < -0.3 is 20.1 Å². The predicted octanol–water partition coefficient (Wildman–Crippen LogP) is 5.63. The number of rotatable bonds is 7. The van der Waals surface area contributed by atoms with Crippen molar-refractivity contribution in [3.8, 4) is 5.69 Å². The number of carbonyl (C=O) groups excluding carboxylic acids is 1. The summed E-state index contributed by atoms with van der Waals surface area (Å²) in [6.45, 7) is 4.47. The Kier molecular flexibility index (Phi) is 7.01. The summed E-state index contributed by atoms with van der Waals surface area (Å²) >= 11 is 5.77. The molecule has 188 valence electrons. The van der Waals surface area contributed by atoms with E-state index < -0.39 is 0 Å². The number of thiocarbonyl (C=S) groups is 1. The lowest BCUT2D eigenvalue weighted by Crippen LogP contribution is -2.32. The molecule has 1 aliphatic rings. The number of carbonyl (C=O) groups is 1. The van der Waals surface area contributed by atoms with Crippen LogP contribution in [0, 0.1) is 19.7 Å². The van der Waals surface area contributed by atoms with Crippen LogP contribution in [0.15, 0.2) is 85.1 Å². The summed E-state index contributed by atoms with van der Waals surface area (Å²) in [5.74, 6) is -0.369. The number of nitrogens with one attached hydrogen (secondary N) is 2. The number of hydrogen-bond donors (Lipinski definition) is 2. The molecule has 0 saturated carbocycles. The van der Waals surface area contributed by atoms with Gasteiger partial charge in [-0.1, -0.05) is 30.3 Å². The van der Waals surface area contributed by atoms with Crippen LogP contribution in [0.2, 0.25) is 0 Å². The van der Waals surface area contributed by atoms with Crippen LogP contribution in [0.4, 0.5) is 10.1 Å². The highest BCUT2D eigenvalue weighted by molar-refractivity contribution is 7.80. The van der Waals surface area contributed by atoms with Gasteiger partial charge in [0.2, 0.25) is 5.91 Å². The molecule has 1 aliphatic heterocycles. The molecule has 6 nitrogen and oxygen atoms in total. The quantitative estimate of drug-likeness (QED) is 0.314. The minimum Gasteiger partial charge on any atom is -0.352 e. The van der Waals surface area contributed by atoms with E-state index in [0.29, 0.717) is 11.7 Å². The van der Waals surface area contributed by atoms with Gasteiger partial charge in [-0.05, 0) is 80.2 Å². The van der Waals surface area contributed by atoms with Crippen LogP contribution in [0.1, 0.15) is 41.1 Å². The maximum absolute atomic E-state index is 14.1. The smallest absolute Gasteiger partial charge is 0.226 e. The highest BCUT2D eigenvalue weighted by atomic mass is 32.1. The first-order valence-corrected chi connectivity index (χ1v) is 12.6. The summed E-state index contributed by atoms with van der Waals surface area (Å²) in [5, 5.41) is 6.96. The fraction of sp³-hybridized carbons (Fsp3) is 0.207. The van der Waals surface area contributed by atoms with Crippen molar-refractivity contribution < 1.29 is 9.18 Å². The van der Waals surface area contributed by atoms with Crippen molar-refractivity contribution in [3.63, 3.8) is 0 Å². The minimum absolute atomic E-state index is 0.0840. The Morgan fingerprint density at radius 3 is 2.57 bits per heavy atom. The summed E-state index contributed by atoms with van der Waals surface area (Å²) in [7, 11) is 0. The molecule has 1 saturated heterocycles. The van der Waals surface area contributed by atoms with Gasteiger partial charge in [-0.2, -0.15) is 0 Å². The van der Waals surface area contributed by atoms with Crippen molar-refractivity contribution in [1.82, 2.24) is 19.8 Å². The van der Waals surface area contributed by atoms with Crippen molar-refractivity contribution in [1.29, 1.82) is 0 Å². The van der Waals surface area contributed by atoms with E-state index in [1.807, 2.05) is 68.4 Å². The number of pyridine rings is 1. The van der Waals surface area contributed by atoms with Crippen molar-refractivity contribution in [3.05, 3.63) is 114 Å². The normalized spacial score (nSPS) is 17.1. The van der Waals surface area contributed by atoms with E-state index in [0.717, 1.165) is 34.0 Å². The molecule has 2 N–H and O–H groups in total. The van der Waals surface area contributed by atoms with Crippen LogP contribution >= 0.6 is 12.2 Å². The number of para-hydroxylation sites is 1. The summed E-state index contributed by atoms with van der Waals surface area (Å²) < 4.78 is 16.1. The lowest BCUT2D eigenvalue weighted by molar-refractivity contribution is -0.116. The topological polar surface area (TPSA) is 62.2 Å². The van der Waals surface area contributed by atoms with Crippen LogP contribution in [0.5, 0.6) is 0 Å². The average molecular weight is 514 g/mol. The lowest BCUT2D eigenvalue weighted by Gasteiger charge is -2.28. The summed E-state index contributed by atoms with van der Waals surface area (Å²) in [6, 6.07) is 23.5. The van der Waals surface area contributed by atoms with Gasteiger partial charge in [-0.25, -0.2) is 4.39 Å². The Bertz CT molecular complexity index is 1420. The van der Waals surface area contributed by atoms with E-state index in [-0.39, 0.29) is 30.2 Å². The molecule has 0 radical (unpaired) electrons. The zero-order chi connectivity index (χ0) is 25.9. The number of benzene rings is 2. The molecule has 1 fully saturated rings. The van der Waals surface area contributed by atoms with Gasteiger partial charge in [-0.3, -0.25) is 9.78 Å². The SMILES string of the molecule is Cc1cc([C@H]2[C@H](c3ccccn3)NC(=S)N2CCC(=O)Nc2ccccc2)c(C)n1-c1cccc(F)c1. The Hall–Kier alpha value is -4.04. The molecule has 37 heavy (non-hydrogen) atoms. The minimum atomic E-state index is -0.285. The summed E-state index contributed by atoms with van der Waals surface area (Å²) in [4.78, 5) is 19.4. The molecule has 2 aromatic heterocycles. The van der Waals surface area contributed by atoms with Crippen LogP contribution in [-0.4, -0.2) is 32.0 Å². The van der Waals surface area contributed by atoms with Gasteiger partial charge in [0, 0.05) is 41.9 Å². The Balaban J connectivity index is 1.48. The Morgan fingerprint density at radius 1 is 1.05 bits per heavy atom. The largest absolute Gasteiger partial charge is 0.352 e. The molecular weight excluding hydrogens is 485 g/mol. The van der Waals surface area contributed by atoms with Crippen LogP contribution in [-0.2, 0) is 4.79 Å². The summed E-state index contributed by atoms with van der Waals surface area (Å²) in [5.41, 5.74) is 5.40. The molecule has 2 atom stereocenters. The molecule has 3 heterocycles. The number of halogens is 1. The maximum atomic E-state index is 14.1. The fourth-order valence-electron chi connectivity index (χ4n) is 5.05. The number of aryl methyl sites for hydroxylation is 1. The number of hydrogen-bond acceptors (Lipinski definition) is 3. The third-order valence-electron chi connectivity index (χ3n) is 6.69. The van der Waals surface area contributed by atoms with E-state index in [1.54, 1.807) is 12.3 Å². The van der Waals surface area contributed by atoms with Gasteiger partial charge in [0.05, 0.1) is 17.8 Å². The molecule has 4 aromatic rings. The molecular formula is C29H28FN5OS. The Labute approximate surface area is 221 Å². The number of aromatic nitrogens is 2. The molecule has 5 rings (SSSR count). The number of anilines is 1. The van der Waals surface area contributed by atoms with E-state index in [2.05, 4.69) is 31.2 Å². The van der Waals surface area contributed by atoms with E-state index >= 15 is 0 Å². The molecule has 8 heteroatoms. The first-order chi connectivity index (χ1) is 17.9. The molecule has 0 aliphatic carbocycles. The second-order valence-corrected chi connectivity index (χ2v) is 9.51. The molecule has 0 unspecified atom stereocenters. The lowest BCUT2D eigenvalue weighted by atomic mass is 9.96. The number of amides is 1. The third-order valence-corrected chi connectivity index (χ3v) is 7.04. The predicted molar refractivity (Wildman–Crippen MR) is 147 cm³/mol. The molecule has 2 aromatic carbocycles. The molecule has 1 amide bonds. The first-order valence-electron chi connectivity index (χ1n) is 12.2.